The second kappa shape index (κ2) is 5.74. The van der Waals surface area contributed by atoms with Gasteiger partial charge in [-0.05, 0) is 54.9 Å². The zero-order valence-corrected chi connectivity index (χ0v) is 12.6. The molecule has 1 aromatic carbocycles. The first-order valence-corrected chi connectivity index (χ1v) is 7.81. The minimum absolute atomic E-state index is 0.352. The smallest absolute Gasteiger partial charge is 0.119 e. The van der Waals surface area contributed by atoms with Crippen LogP contribution in [0.25, 0.3) is 0 Å². The van der Waals surface area contributed by atoms with Gasteiger partial charge in [0.05, 0.1) is 7.11 Å². The number of nitrogens with zero attached hydrogens (tertiary/aromatic N) is 1. The molecule has 3 heteroatoms. The molecule has 0 aromatic heterocycles. The van der Waals surface area contributed by atoms with Gasteiger partial charge in [-0.1, -0.05) is 13.0 Å². The average Bonchev–Trinajstić information content (AvgIpc) is 2.45. The zero-order chi connectivity index (χ0) is 14.1. The number of fused-ring (bicyclic) bond motifs is 1. The lowest BCUT2D eigenvalue weighted by molar-refractivity contribution is 0.106. The number of likely N-dealkylation sites (tertiary alicyclic amines) is 1. The van der Waals surface area contributed by atoms with E-state index < -0.39 is 0 Å². The molecule has 2 aliphatic rings. The van der Waals surface area contributed by atoms with Crippen LogP contribution in [0, 0.1) is 5.92 Å². The predicted octanol–water partition coefficient (Wildman–Crippen LogP) is 2.22. The number of nitrogens with two attached hydrogens (primary N) is 1. The molecule has 20 heavy (non-hydrogen) atoms. The van der Waals surface area contributed by atoms with Crippen LogP contribution < -0.4 is 10.5 Å². The van der Waals surface area contributed by atoms with Gasteiger partial charge in [-0.3, -0.25) is 4.90 Å². The summed E-state index contributed by atoms with van der Waals surface area (Å²) in [7, 11) is 1.74. The lowest BCUT2D eigenvalue weighted by Gasteiger charge is -2.42. The highest BCUT2D eigenvalue weighted by molar-refractivity contribution is 5.38. The quantitative estimate of drug-likeness (QED) is 0.898. The van der Waals surface area contributed by atoms with Gasteiger partial charge in [-0.15, -0.1) is 0 Å². The third kappa shape index (κ3) is 2.84. The number of hydrogen-bond acceptors (Lipinski definition) is 3. The molecule has 3 unspecified atom stereocenters. The van der Waals surface area contributed by atoms with Gasteiger partial charge in [0.2, 0.25) is 0 Å². The van der Waals surface area contributed by atoms with Gasteiger partial charge < -0.3 is 10.5 Å². The molecular formula is C17H26N2O. The summed E-state index contributed by atoms with van der Waals surface area (Å²) >= 11 is 0. The summed E-state index contributed by atoms with van der Waals surface area (Å²) < 4.78 is 5.36. The Morgan fingerprint density at radius 2 is 2.10 bits per heavy atom. The third-order valence-electron chi connectivity index (χ3n) is 4.85. The van der Waals surface area contributed by atoms with Crippen LogP contribution in [0.2, 0.25) is 0 Å². The average molecular weight is 274 g/mol. The maximum Gasteiger partial charge on any atom is 0.119 e. The Balaban J connectivity index is 1.74. The van der Waals surface area contributed by atoms with Crippen LogP contribution in [0.1, 0.15) is 30.9 Å². The molecule has 0 radical (unpaired) electrons. The molecule has 1 aromatic rings. The van der Waals surface area contributed by atoms with Gasteiger partial charge in [0.25, 0.3) is 0 Å². The van der Waals surface area contributed by atoms with Crippen molar-refractivity contribution in [2.24, 2.45) is 11.7 Å². The van der Waals surface area contributed by atoms with Crippen LogP contribution in [0.3, 0.4) is 0 Å². The van der Waals surface area contributed by atoms with E-state index in [1.54, 1.807) is 7.11 Å². The van der Waals surface area contributed by atoms with Gasteiger partial charge in [0, 0.05) is 25.2 Å². The van der Waals surface area contributed by atoms with Crippen molar-refractivity contribution in [3.05, 3.63) is 29.3 Å². The summed E-state index contributed by atoms with van der Waals surface area (Å²) in [6.07, 6.45) is 4.77. The van der Waals surface area contributed by atoms with Gasteiger partial charge >= 0.3 is 0 Å². The maximum atomic E-state index is 6.20. The Labute approximate surface area is 122 Å². The van der Waals surface area contributed by atoms with Crippen molar-refractivity contribution in [3.8, 4) is 5.75 Å². The first-order valence-electron chi connectivity index (χ1n) is 7.81. The first kappa shape index (κ1) is 13.9. The molecular weight excluding hydrogens is 248 g/mol. The fraction of sp³-hybridized carbons (Fsp3) is 0.647. The Bertz CT molecular complexity index is 464. The number of aryl methyl sites for hydroxylation is 1. The molecule has 3 atom stereocenters. The van der Waals surface area contributed by atoms with E-state index in [1.807, 2.05) is 0 Å². The Hall–Kier alpha value is -1.06. The number of ether oxygens (including phenoxy) is 1. The largest absolute Gasteiger partial charge is 0.497 e. The van der Waals surface area contributed by atoms with Gasteiger partial charge in [0.15, 0.2) is 0 Å². The molecule has 1 aliphatic heterocycles. The van der Waals surface area contributed by atoms with E-state index in [0.717, 1.165) is 24.6 Å². The lowest BCUT2D eigenvalue weighted by Crippen LogP contribution is -2.51. The van der Waals surface area contributed by atoms with E-state index in [-0.39, 0.29) is 0 Å². The number of hydrogen-bond donors (Lipinski definition) is 1. The molecule has 1 heterocycles. The highest BCUT2D eigenvalue weighted by Crippen LogP contribution is 2.29. The van der Waals surface area contributed by atoms with E-state index >= 15 is 0 Å². The summed E-state index contributed by atoms with van der Waals surface area (Å²) in [5.41, 5.74) is 9.16. The molecule has 3 nitrogen and oxygen atoms in total. The summed E-state index contributed by atoms with van der Waals surface area (Å²) in [4.78, 5) is 2.63. The molecule has 0 bridgehead atoms. The second-order valence-electron chi connectivity index (χ2n) is 6.59. The van der Waals surface area contributed by atoms with Crippen molar-refractivity contribution >= 4 is 0 Å². The molecule has 0 amide bonds. The number of rotatable bonds is 2. The first-order chi connectivity index (χ1) is 9.65. The molecule has 1 saturated heterocycles. The third-order valence-corrected chi connectivity index (χ3v) is 4.85. The van der Waals surface area contributed by atoms with Gasteiger partial charge in [0.1, 0.15) is 5.75 Å². The molecule has 0 saturated carbocycles. The van der Waals surface area contributed by atoms with E-state index in [2.05, 4.69) is 30.0 Å². The Morgan fingerprint density at radius 3 is 2.85 bits per heavy atom. The van der Waals surface area contributed by atoms with E-state index in [1.165, 1.54) is 36.9 Å². The Morgan fingerprint density at radius 1 is 1.25 bits per heavy atom. The SMILES string of the molecule is COc1ccc2c(c1)CC(N1CC(C)CC(N)C1)CC2. The normalized spacial score (nSPS) is 30.9. The van der Waals surface area contributed by atoms with Crippen LogP contribution >= 0.6 is 0 Å². The Kier molecular flexibility index (Phi) is 3.99. The standard InChI is InChI=1S/C17H26N2O/c1-12-7-15(18)11-19(10-12)16-5-3-13-4-6-17(20-2)9-14(13)8-16/h4,6,9,12,15-16H,3,5,7-8,10-11,18H2,1-2H3. The summed E-state index contributed by atoms with van der Waals surface area (Å²) in [6, 6.07) is 7.54. The highest BCUT2D eigenvalue weighted by atomic mass is 16.5. The van der Waals surface area contributed by atoms with Crippen LogP contribution in [0.4, 0.5) is 0 Å². The molecule has 2 N–H and O–H groups in total. The van der Waals surface area contributed by atoms with Crippen molar-refractivity contribution < 1.29 is 4.74 Å². The van der Waals surface area contributed by atoms with Crippen LogP contribution in [-0.2, 0) is 12.8 Å². The molecule has 3 rings (SSSR count). The molecule has 1 fully saturated rings. The lowest BCUT2D eigenvalue weighted by atomic mass is 9.85. The van der Waals surface area contributed by atoms with Gasteiger partial charge in [-0.2, -0.15) is 0 Å². The van der Waals surface area contributed by atoms with E-state index in [4.69, 9.17) is 10.5 Å². The minimum Gasteiger partial charge on any atom is -0.497 e. The van der Waals surface area contributed by atoms with Crippen molar-refractivity contribution in [1.82, 2.24) is 4.90 Å². The number of methoxy groups -OCH3 is 1. The fourth-order valence-corrected chi connectivity index (χ4v) is 3.89. The summed E-state index contributed by atoms with van der Waals surface area (Å²) in [5, 5.41) is 0. The summed E-state index contributed by atoms with van der Waals surface area (Å²) in [6.45, 7) is 4.60. The van der Waals surface area contributed by atoms with Gasteiger partial charge in [-0.25, -0.2) is 0 Å². The fourth-order valence-electron chi connectivity index (χ4n) is 3.89. The minimum atomic E-state index is 0.352. The topological polar surface area (TPSA) is 38.5 Å². The number of piperidine rings is 1. The summed E-state index contributed by atoms with van der Waals surface area (Å²) in [5.74, 6) is 1.71. The van der Waals surface area contributed by atoms with Crippen molar-refractivity contribution in [2.45, 2.75) is 44.7 Å². The van der Waals surface area contributed by atoms with E-state index in [0.29, 0.717) is 12.1 Å². The molecule has 110 valence electrons. The van der Waals surface area contributed by atoms with Crippen molar-refractivity contribution in [3.63, 3.8) is 0 Å². The van der Waals surface area contributed by atoms with Crippen LogP contribution in [0.5, 0.6) is 5.75 Å². The zero-order valence-electron chi connectivity index (χ0n) is 12.6. The maximum absolute atomic E-state index is 6.20. The predicted molar refractivity (Wildman–Crippen MR) is 82.1 cm³/mol. The van der Waals surface area contributed by atoms with Crippen molar-refractivity contribution in [2.75, 3.05) is 20.2 Å². The van der Waals surface area contributed by atoms with E-state index in [9.17, 15) is 0 Å². The van der Waals surface area contributed by atoms with Crippen LogP contribution in [-0.4, -0.2) is 37.2 Å². The number of benzene rings is 1. The van der Waals surface area contributed by atoms with Crippen molar-refractivity contribution in [1.29, 1.82) is 0 Å². The molecule has 0 spiro atoms. The molecule has 1 aliphatic carbocycles. The monoisotopic (exact) mass is 274 g/mol. The highest BCUT2D eigenvalue weighted by Gasteiger charge is 2.30. The second-order valence-corrected chi connectivity index (χ2v) is 6.59. The van der Waals surface area contributed by atoms with Crippen LogP contribution in [0.15, 0.2) is 18.2 Å².